The summed E-state index contributed by atoms with van der Waals surface area (Å²) in [6.45, 7) is 4.53. The second kappa shape index (κ2) is 6.27. The van der Waals surface area contributed by atoms with E-state index >= 15 is 0 Å². The van der Waals surface area contributed by atoms with Gasteiger partial charge in [-0.1, -0.05) is 56.3 Å². The molecule has 1 aliphatic carbocycles. The van der Waals surface area contributed by atoms with Gasteiger partial charge in [0.05, 0.1) is 10.7 Å². The van der Waals surface area contributed by atoms with Crippen LogP contribution in [0.25, 0.3) is 22.4 Å². The van der Waals surface area contributed by atoms with E-state index in [1.807, 2.05) is 12.3 Å². The van der Waals surface area contributed by atoms with Crippen LogP contribution in [0.5, 0.6) is 0 Å². The van der Waals surface area contributed by atoms with Gasteiger partial charge < -0.3 is 10.0 Å². The molecule has 0 saturated heterocycles. The van der Waals surface area contributed by atoms with E-state index in [1.165, 1.54) is 34.0 Å². The molecule has 1 heterocycles. The van der Waals surface area contributed by atoms with Gasteiger partial charge in [0.25, 0.3) is 0 Å². The molecule has 0 fully saturated rings. The number of hydrogen-bond donors (Lipinski definition) is 2. The summed E-state index contributed by atoms with van der Waals surface area (Å²) < 4.78 is 0. The summed E-state index contributed by atoms with van der Waals surface area (Å²) in [6, 6.07) is 18.6. The maximum absolute atomic E-state index is 9.49. The van der Waals surface area contributed by atoms with E-state index in [1.54, 1.807) is 6.07 Å². The van der Waals surface area contributed by atoms with Crippen LogP contribution in [0.2, 0.25) is 0 Å². The molecule has 0 atom stereocenters. The third-order valence-electron chi connectivity index (χ3n) is 5.24. The molecule has 4 rings (SSSR count). The van der Waals surface area contributed by atoms with E-state index in [9.17, 15) is 10.0 Å². The number of nitrogens with zero attached hydrogens (tertiary/aromatic N) is 1. The summed E-state index contributed by atoms with van der Waals surface area (Å²) in [5.41, 5.74) is 7.51. The van der Waals surface area contributed by atoms with Crippen molar-refractivity contribution in [3.63, 3.8) is 0 Å². The second-order valence-electron chi connectivity index (χ2n) is 7.10. The monoisotopic (exact) mass is 361 g/mol. The fourth-order valence-corrected chi connectivity index (χ4v) is 4.45. The molecule has 0 amide bonds. The summed E-state index contributed by atoms with van der Waals surface area (Å²) in [5.74, 6) is 0. The summed E-state index contributed by atoms with van der Waals surface area (Å²) in [7, 11) is -1.51. The van der Waals surface area contributed by atoms with Crippen LogP contribution in [-0.4, -0.2) is 28.4 Å². The molecule has 0 saturated carbocycles. The molecule has 130 valence electrons. The predicted octanol–water partition coefficient (Wildman–Crippen LogP) is 3.46. The highest BCUT2D eigenvalue weighted by atomic mass is 32.2. The van der Waals surface area contributed by atoms with Crippen molar-refractivity contribution in [2.75, 3.05) is 6.26 Å². The highest BCUT2D eigenvalue weighted by Crippen LogP contribution is 2.49. The van der Waals surface area contributed by atoms with Crippen LogP contribution in [0.3, 0.4) is 0 Å². The topological polar surface area (TPSA) is 53.4 Å². The van der Waals surface area contributed by atoms with Crippen molar-refractivity contribution >= 4 is 24.3 Å². The Bertz CT molecular complexity index is 1000. The first-order valence-electron chi connectivity index (χ1n) is 8.59. The van der Waals surface area contributed by atoms with Crippen LogP contribution in [0.1, 0.15) is 25.0 Å². The number of hydrogen-bond acceptors (Lipinski definition) is 4. The van der Waals surface area contributed by atoms with Gasteiger partial charge in [0.15, 0.2) is 0 Å². The van der Waals surface area contributed by atoms with Crippen LogP contribution in [0.15, 0.2) is 59.6 Å². The molecule has 1 aromatic heterocycles. The van der Waals surface area contributed by atoms with E-state index in [0.717, 1.165) is 11.3 Å². The van der Waals surface area contributed by atoms with Gasteiger partial charge in [-0.2, -0.15) is 0 Å². The summed E-state index contributed by atoms with van der Waals surface area (Å²) in [4.78, 5) is 4.64. The molecule has 3 aromatic rings. The minimum absolute atomic E-state index is 0.00677. The molecule has 3 nitrogen and oxygen atoms in total. The van der Waals surface area contributed by atoms with Crippen LogP contribution in [0.4, 0.5) is 0 Å². The van der Waals surface area contributed by atoms with E-state index in [2.05, 4.69) is 61.3 Å². The lowest BCUT2D eigenvalue weighted by atomic mass is 9.81. The minimum Gasteiger partial charge on any atom is -0.423 e. The van der Waals surface area contributed by atoms with E-state index in [0.29, 0.717) is 10.5 Å². The Morgan fingerprint density at radius 1 is 0.923 bits per heavy atom. The largest absolute Gasteiger partial charge is 0.491 e. The van der Waals surface area contributed by atoms with Crippen molar-refractivity contribution in [2.24, 2.45) is 0 Å². The van der Waals surface area contributed by atoms with Crippen molar-refractivity contribution in [2.45, 2.75) is 24.3 Å². The van der Waals surface area contributed by atoms with Crippen molar-refractivity contribution in [1.82, 2.24) is 4.98 Å². The van der Waals surface area contributed by atoms with Gasteiger partial charge >= 0.3 is 7.12 Å². The van der Waals surface area contributed by atoms with Crippen molar-refractivity contribution in [1.29, 1.82) is 0 Å². The van der Waals surface area contributed by atoms with E-state index in [-0.39, 0.29) is 5.41 Å². The summed E-state index contributed by atoms with van der Waals surface area (Å²) in [5, 5.41) is 19.6. The molecular weight excluding hydrogens is 341 g/mol. The Morgan fingerprint density at radius 3 is 2.38 bits per heavy atom. The zero-order chi connectivity index (χ0) is 18.5. The Labute approximate surface area is 158 Å². The third-order valence-corrected chi connectivity index (χ3v) is 5.95. The fraction of sp³-hybridized carbons (Fsp3) is 0.190. The van der Waals surface area contributed by atoms with Gasteiger partial charge in [0, 0.05) is 16.4 Å². The Kier molecular flexibility index (Phi) is 4.18. The molecular formula is C21H20BNO2S. The number of fused-ring (bicyclic) bond motifs is 3. The number of benzene rings is 2. The summed E-state index contributed by atoms with van der Waals surface area (Å²) >= 11 is 1.42. The maximum atomic E-state index is 9.49. The van der Waals surface area contributed by atoms with Gasteiger partial charge in [-0.25, -0.2) is 4.98 Å². The van der Waals surface area contributed by atoms with Crippen LogP contribution in [-0.2, 0) is 5.41 Å². The Morgan fingerprint density at radius 2 is 1.65 bits per heavy atom. The zero-order valence-electron chi connectivity index (χ0n) is 15.0. The Hall–Kier alpha value is -2.08. The van der Waals surface area contributed by atoms with Gasteiger partial charge in [0.2, 0.25) is 0 Å². The molecule has 2 N–H and O–H groups in total. The normalized spacial score (nSPS) is 14.0. The third kappa shape index (κ3) is 2.59. The number of aromatic nitrogens is 1. The number of pyridine rings is 1. The fourth-order valence-electron chi connectivity index (χ4n) is 3.85. The predicted molar refractivity (Wildman–Crippen MR) is 109 cm³/mol. The lowest BCUT2D eigenvalue weighted by Crippen LogP contribution is -2.32. The van der Waals surface area contributed by atoms with Crippen molar-refractivity contribution in [3.05, 3.63) is 65.7 Å². The first-order valence-corrected chi connectivity index (χ1v) is 9.82. The molecule has 1 aliphatic rings. The maximum Gasteiger partial charge on any atom is 0.491 e. The molecule has 0 unspecified atom stereocenters. The lowest BCUT2D eigenvalue weighted by Gasteiger charge is -2.21. The average molecular weight is 361 g/mol. The molecule has 0 spiro atoms. The molecule has 0 bridgehead atoms. The second-order valence-corrected chi connectivity index (χ2v) is 7.89. The first-order chi connectivity index (χ1) is 12.4. The summed E-state index contributed by atoms with van der Waals surface area (Å²) in [6.07, 6.45) is 1.89. The Balaban J connectivity index is 1.86. The minimum atomic E-state index is -1.51. The van der Waals surface area contributed by atoms with Gasteiger partial charge in [-0.15, -0.1) is 11.8 Å². The zero-order valence-corrected chi connectivity index (χ0v) is 15.8. The SMILES string of the molecule is CSc1nc(-c2ccc3c(c2)-c2ccccc2C3(C)C)ccc1B(O)O. The van der Waals surface area contributed by atoms with Crippen LogP contribution in [0, 0.1) is 0 Å². The lowest BCUT2D eigenvalue weighted by molar-refractivity contribution is 0.424. The van der Waals surface area contributed by atoms with Crippen LogP contribution < -0.4 is 5.46 Å². The highest BCUT2D eigenvalue weighted by Gasteiger charge is 2.35. The quantitative estimate of drug-likeness (QED) is 0.554. The van der Waals surface area contributed by atoms with E-state index in [4.69, 9.17) is 0 Å². The van der Waals surface area contributed by atoms with Crippen molar-refractivity contribution < 1.29 is 10.0 Å². The molecule has 0 aliphatic heterocycles. The number of rotatable bonds is 3. The highest BCUT2D eigenvalue weighted by molar-refractivity contribution is 7.98. The molecule has 5 heteroatoms. The van der Waals surface area contributed by atoms with Gasteiger partial charge in [-0.3, -0.25) is 0 Å². The van der Waals surface area contributed by atoms with Crippen molar-refractivity contribution in [3.8, 4) is 22.4 Å². The first kappa shape index (κ1) is 17.3. The van der Waals surface area contributed by atoms with E-state index < -0.39 is 7.12 Å². The smallest absolute Gasteiger partial charge is 0.423 e. The molecule has 26 heavy (non-hydrogen) atoms. The standard InChI is InChI=1S/C21H20BNO2S/c1-21(2)16-7-5-4-6-14(16)15-12-13(8-9-17(15)21)19-11-10-18(22(24)25)20(23-19)26-3/h4-12,24-25H,1-3H3. The van der Waals surface area contributed by atoms with Gasteiger partial charge in [-0.05, 0) is 40.6 Å². The average Bonchev–Trinajstić information content (AvgIpc) is 2.88. The molecule has 2 aromatic carbocycles. The molecule has 0 radical (unpaired) electrons. The van der Waals surface area contributed by atoms with Crippen LogP contribution >= 0.6 is 11.8 Å². The number of thioether (sulfide) groups is 1. The van der Waals surface area contributed by atoms with Gasteiger partial charge in [0.1, 0.15) is 0 Å².